The molecule has 4 nitrogen and oxygen atoms in total. The van der Waals surface area contributed by atoms with Gasteiger partial charge in [-0.2, -0.15) is 25.3 Å². The number of unbranched alkanes of at least 4 members (excludes halogenated alkanes) is 2. The summed E-state index contributed by atoms with van der Waals surface area (Å²) in [6, 6.07) is 0. The Bertz CT molecular complexity index is 273. The second kappa shape index (κ2) is 16.9. The fraction of sp³-hybridized carbons (Fsp3) is 0.941. The summed E-state index contributed by atoms with van der Waals surface area (Å²) in [5.41, 5.74) is 0. The lowest BCUT2D eigenvalue weighted by molar-refractivity contribution is -0.122. The van der Waals surface area contributed by atoms with E-state index in [1.807, 2.05) is 0 Å². The normalized spacial score (nSPS) is 11.4. The lowest BCUT2D eigenvalue weighted by atomic mass is 10.2. The topological polar surface area (TPSA) is 35.6 Å². The van der Waals surface area contributed by atoms with E-state index in [0.717, 1.165) is 31.8 Å². The number of amides is 1. The molecule has 0 unspecified atom stereocenters. The summed E-state index contributed by atoms with van der Waals surface area (Å²) in [6.45, 7) is 11.0. The smallest absolute Gasteiger partial charge is 0.234 e. The second-order valence-electron chi connectivity index (χ2n) is 5.98. The van der Waals surface area contributed by atoms with Crippen LogP contribution in [0.15, 0.2) is 0 Å². The standard InChI is InChI=1S/C17H37N3OS2/c1-3-5-9-19(10-6-4-2)11-7-12-20(13-15-23)16-17(21)18-8-14-22/h22-23H,3-16H2,1-2H3,(H,18,21). The van der Waals surface area contributed by atoms with E-state index < -0.39 is 0 Å². The maximum absolute atomic E-state index is 11.8. The monoisotopic (exact) mass is 363 g/mol. The van der Waals surface area contributed by atoms with Gasteiger partial charge in [0.25, 0.3) is 0 Å². The van der Waals surface area contributed by atoms with E-state index in [2.05, 4.69) is 54.2 Å². The third-order valence-corrected chi connectivity index (χ3v) is 4.25. The molecule has 0 heterocycles. The summed E-state index contributed by atoms with van der Waals surface area (Å²) in [5, 5.41) is 2.88. The van der Waals surface area contributed by atoms with E-state index in [4.69, 9.17) is 0 Å². The summed E-state index contributed by atoms with van der Waals surface area (Å²) in [7, 11) is 0. The first-order valence-electron chi connectivity index (χ1n) is 9.11. The van der Waals surface area contributed by atoms with Crippen LogP contribution in [0.25, 0.3) is 0 Å². The number of carbonyl (C=O) groups is 1. The van der Waals surface area contributed by atoms with Crippen molar-refractivity contribution in [1.82, 2.24) is 15.1 Å². The van der Waals surface area contributed by atoms with Crippen LogP contribution < -0.4 is 5.32 Å². The van der Waals surface area contributed by atoms with E-state index in [-0.39, 0.29) is 5.91 Å². The minimum atomic E-state index is 0.0923. The van der Waals surface area contributed by atoms with Gasteiger partial charge in [-0.05, 0) is 45.4 Å². The Morgan fingerprint density at radius 3 is 1.91 bits per heavy atom. The lowest BCUT2D eigenvalue weighted by Gasteiger charge is -2.25. The van der Waals surface area contributed by atoms with Gasteiger partial charge >= 0.3 is 0 Å². The number of rotatable bonds is 16. The largest absolute Gasteiger partial charge is 0.354 e. The highest BCUT2D eigenvalue weighted by molar-refractivity contribution is 7.80. The van der Waals surface area contributed by atoms with Gasteiger partial charge in [0.2, 0.25) is 5.91 Å². The summed E-state index contributed by atoms with van der Waals surface area (Å²) in [6.07, 6.45) is 6.16. The van der Waals surface area contributed by atoms with Crippen LogP contribution in [0.1, 0.15) is 46.0 Å². The first-order valence-corrected chi connectivity index (χ1v) is 10.4. The molecule has 1 amide bonds. The van der Waals surface area contributed by atoms with Crippen LogP contribution in [0.2, 0.25) is 0 Å². The molecule has 0 aliphatic carbocycles. The second-order valence-corrected chi connectivity index (χ2v) is 6.87. The van der Waals surface area contributed by atoms with Gasteiger partial charge in [-0.25, -0.2) is 0 Å². The van der Waals surface area contributed by atoms with Crippen molar-refractivity contribution >= 4 is 31.2 Å². The summed E-state index contributed by atoms with van der Waals surface area (Å²) < 4.78 is 0. The number of nitrogens with one attached hydrogen (secondary N) is 1. The average molecular weight is 364 g/mol. The van der Waals surface area contributed by atoms with E-state index in [0.29, 0.717) is 18.8 Å². The first-order chi connectivity index (χ1) is 11.2. The van der Waals surface area contributed by atoms with Crippen molar-refractivity contribution < 1.29 is 4.79 Å². The number of hydrogen-bond acceptors (Lipinski definition) is 5. The van der Waals surface area contributed by atoms with Crippen LogP contribution >= 0.6 is 25.3 Å². The van der Waals surface area contributed by atoms with Crippen LogP contribution in [0.5, 0.6) is 0 Å². The molecular weight excluding hydrogens is 326 g/mol. The van der Waals surface area contributed by atoms with Gasteiger partial charge in [-0.3, -0.25) is 9.69 Å². The fourth-order valence-corrected chi connectivity index (χ4v) is 2.88. The molecular formula is C17H37N3OS2. The minimum Gasteiger partial charge on any atom is -0.354 e. The Kier molecular flexibility index (Phi) is 17.0. The third kappa shape index (κ3) is 14.2. The predicted octanol–water partition coefficient (Wildman–Crippen LogP) is 2.56. The molecule has 0 aromatic rings. The van der Waals surface area contributed by atoms with Crippen LogP contribution in [-0.2, 0) is 4.79 Å². The molecule has 0 spiro atoms. The fourth-order valence-electron chi connectivity index (χ4n) is 2.48. The number of hydrogen-bond donors (Lipinski definition) is 3. The van der Waals surface area contributed by atoms with E-state index in [9.17, 15) is 4.79 Å². The molecule has 0 saturated heterocycles. The quantitative estimate of drug-likeness (QED) is 0.369. The highest BCUT2D eigenvalue weighted by Crippen LogP contribution is 2.02. The number of nitrogens with zero attached hydrogens (tertiary/aromatic N) is 2. The van der Waals surface area contributed by atoms with Gasteiger partial charge in [0, 0.05) is 24.6 Å². The summed E-state index contributed by atoms with van der Waals surface area (Å²) >= 11 is 8.43. The Labute approximate surface area is 154 Å². The van der Waals surface area contributed by atoms with E-state index in [1.54, 1.807) is 0 Å². The molecule has 6 heteroatoms. The molecule has 0 atom stereocenters. The van der Waals surface area contributed by atoms with Gasteiger partial charge in [0.05, 0.1) is 6.54 Å². The molecule has 0 aliphatic rings. The molecule has 0 radical (unpaired) electrons. The van der Waals surface area contributed by atoms with Gasteiger partial charge in [0.1, 0.15) is 0 Å². The first kappa shape index (κ1) is 23.1. The number of carbonyl (C=O) groups excluding carboxylic acids is 1. The zero-order valence-corrected chi connectivity index (χ0v) is 16.9. The van der Waals surface area contributed by atoms with Gasteiger partial charge in [0.15, 0.2) is 0 Å². The Morgan fingerprint density at radius 1 is 0.826 bits per heavy atom. The van der Waals surface area contributed by atoms with Crippen molar-refractivity contribution in [1.29, 1.82) is 0 Å². The van der Waals surface area contributed by atoms with Crippen molar-refractivity contribution in [2.24, 2.45) is 0 Å². The molecule has 1 N–H and O–H groups in total. The molecule has 0 fully saturated rings. The van der Waals surface area contributed by atoms with Crippen LogP contribution in [0.3, 0.4) is 0 Å². The summed E-state index contributed by atoms with van der Waals surface area (Å²) in [4.78, 5) is 16.6. The van der Waals surface area contributed by atoms with Crippen LogP contribution in [0, 0.1) is 0 Å². The highest BCUT2D eigenvalue weighted by atomic mass is 32.1. The van der Waals surface area contributed by atoms with Crippen molar-refractivity contribution in [2.75, 3.05) is 57.3 Å². The molecule has 0 aromatic carbocycles. The molecule has 0 bridgehead atoms. The Hall–Kier alpha value is 0.0900. The molecule has 0 saturated carbocycles. The lowest BCUT2D eigenvalue weighted by Crippen LogP contribution is -2.40. The van der Waals surface area contributed by atoms with E-state index >= 15 is 0 Å². The highest BCUT2D eigenvalue weighted by Gasteiger charge is 2.11. The molecule has 0 rings (SSSR count). The molecule has 0 aliphatic heterocycles. The Balaban J connectivity index is 4.12. The van der Waals surface area contributed by atoms with Gasteiger partial charge in [-0.1, -0.05) is 26.7 Å². The zero-order chi connectivity index (χ0) is 17.3. The summed E-state index contributed by atoms with van der Waals surface area (Å²) in [5.74, 6) is 1.56. The molecule has 0 aromatic heterocycles. The van der Waals surface area contributed by atoms with Gasteiger partial charge < -0.3 is 10.2 Å². The predicted molar refractivity (Wildman–Crippen MR) is 108 cm³/mol. The number of thiol groups is 2. The molecule has 138 valence electrons. The maximum atomic E-state index is 11.8. The Morgan fingerprint density at radius 2 is 1.39 bits per heavy atom. The van der Waals surface area contributed by atoms with Crippen LogP contribution in [0.4, 0.5) is 0 Å². The maximum Gasteiger partial charge on any atom is 0.234 e. The zero-order valence-electron chi connectivity index (χ0n) is 15.1. The van der Waals surface area contributed by atoms with Crippen LogP contribution in [-0.4, -0.2) is 73.0 Å². The van der Waals surface area contributed by atoms with Crippen molar-refractivity contribution in [3.63, 3.8) is 0 Å². The van der Waals surface area contributed by atoms with Gasteiger partial charge in [-0.15, -0.1) is 0 Å². The minimum absolute atomic E-state index is 0.0923. The van der Waals surface area contributed by atoms with Crippen molar-refractivity contribution in [3.05, 3.63) is 0 Å². The SMILES string of the molecule is CCCCN(CCCC)CCCN(CCS)CC(=O)NCCS. The van der Waals surface area contributed by atoms with Crippen molar-refractivity contribution in [3.8, 4) is 0 Å². The molecule has 23 heavy (non-hydrogen) atoms. The van der Waals surface area contributed by atoms with Crippen molar-refractivity contribution in [2.45, 2.75) is 46.0 Å². The average Bonchev–Trinajstić information content (AvgIpc) is 2.55. The van der Waals surface area contributed by atoms with E-state index in [1.165, 1.54) is 38.8 Å². The third-order valence-electron chi connectivity index (χ3n) is 3.82.